The third-order valence-corrected chi connectivity index (χ3v) is 5.86. The van der Waals surface area contributed by atoms with Gasteiger partial charge >= 0.3 is 0 Å². The Morgan fingerprint density at radius 2 is 1.84 bits per heavy atom. The Bertz CT molecular complexity index is 706. The van der Waals surface area contributed by atoms with Crippen molar-refractivity contribution >= 4 is 27.3 Å². The number of anilines is 1. The van der Waals surface area contributed by atoms with E-state index >= 15 is 0 Å². The van der Waals surface area contributed by atoms with E-state index in [0.717, 1.165) is 35.7 Å². The van der Waals surface area contributed by atoms with Crippen LogP contribution in [0.2, 0.25) is 0 Å². The van der Waals surface area contributed by atoms with Crippen LogP contribution in [0.4, 0.5) is 5.69 Å². The van der Waals surface area contributed by atoms with Crippen molar-refractivity contribution in [2.75, 3.05) is 23.7 Å². The van der Waals surface area contributed by atoms with E-state index in [9.17, 15) is 13.2 Å². The third-order valence-electron chi connectivity index (χ3n) is 4.12. The molecule has 0 saturated heterocycles. The zero-order valence-corrected chi connectivity index (χ0v) is 15.5. The lowest BCUT2D eigenvalue weighted by Crippen LogP contribution is -2.40. The van der Waals surface area contributed by atoms with Gasteiger partial charge in [0.15, 0.2) is 0 Å². The van der Waals surface area contributed by atoms with Gasteiger partial charge in [-0.3, -0.25) is 9.10 Å². The summed E-state index contributed by atoms with van der Waals surface area (Å²) in [5.41, 5.74) is 3.88. The minimum atomic E-state index is -3.59. The molecular formula is C17H25N3O4S. The maximum absolute atomic E-state index is 12.4. The minimum Gasteiger partial charge on any atom is -0.497 e. The number of benzene rings is 1. The van der Waals surface area contributed by atoms with Gasteiger partial charge in [-0.2, -0.15) is 5.10 Å². The number of sulfonamides is 1. The number of ether oxygens (including phenoxy) is 1. The lowest BCUT2D eigenvalue weighted by atomic mass is 9.99. The van der Waals surface area contributed by atoms with Gasteiger partial charge in [0.2, 0.25) is 10.0 Å². The van der Waals surface area contributed by atoms with Crippen LogP contribution in [-0.2, 0) is 14.8 Å². The van der Waals surface area contributed by atoms with E-state index in [-0.39, 0.29) is 12.3 Å². The van der Waals surface area contributed by atoms with E-state index in [1.165, 1.54) is 13.5 Å². The molecule has 0 unspecified atom stereocenters. The molecule has 2 rings (SSSR count). The average Bonchev–Trinajstić information content (AvgIpc) is 2.65. The lowest BCUT2D eigenvalue weighted by Gasteiger charge is -2.23. The van der Waals surface area contributed by atoms with Gasteiger partial charge in [-0.05, 0) is 56.9 Å². The molecule has 7 nitrogen and oxygen atoms in total. The molecule has 0 spiro atoms. The van der Waals surface area contributed by atoms with E-state index in [2.05, 4.69) is 10.5 Å². The minimum absolute atomic E-state index is 0.0964. The average molecular weight is 367 g/mol. The van der Waals surface area contributed by atoms with Crippen LogP contribution in [0, 0.1) is 0 Å². The molecule has 1 aromatic carbocycles. The summed E-state index contributed by atoms with van der Waals surface area (Å²) in [6, 6.07) is 6.56. The van der Waals surface area contributed by atoms with Crippen molar-refractivity contribution in [1.29, 1.82) is 0 Å². The zero-order chi connectivity index (χ0) is 18.3. The van der Waals surface area contributed by atoms with Crippen molar-refractivity contribution in [2.45, 2.75) is 39.0 Å². The highest BCUT2D eigenvalue weighted by Crippen LogP contribution is 2.22. The Morgan fingerprint density at radius 3 is 2.40 bits per heavy atom. The summed E-state index contributed by atoms with van der Waals surface area (Å²) in [5, 5.41) is 4.14. The summed E-state index contributed by atoms with van der Waals surface area (Å²) < 4.78 is 30.9. The van der Waals surface area contributed by atoms with Gasteiger partial charge in [0.25, 0.3) is 5.91 Å². The molecule has 0 aromatic heterocycles. The van der Waals surface area contributed by atoms with Crippen LogP contribution in [0.1, 0.15) is 39.0 Å². The Kier molecular flexibility index (Phi) is 6.81. The largest absolute Gasteiger partial charge is 0.497 e. The molecule has 138 valence electrons. The molecule has 1 aromatic rings. The standard InChI is InChI=1S/C17H25N3O4S/c1-3-25(22,23)20(15-9-11-16(24-2)12-10-15)13-17(21)19-18-14-7-5-4-6-8-14/h9-12H,3-8,13H2,1-2H3,(H,19,21). The Hall–Kier alpha value is -2.09. The molecule has 25 heavy (non-hydrogen) atoms. The summed E-state index contributed by atoms with van der Waals surface area (Å²) in [7, 11) is -2.05. The Morgan fingerprint density at radius 1 is 1.20 bits per heavy atom. The van der Waals surface area contributed by atoms with Crippen LogP contribution < -0.4 is 14.5 Å². The highest BCUT2D eigenvalue weighted by molar-refractivity contribution is 7.92. The molecule has 1 fully saturated rings. The van der Waals surface area contributed by atoms with Gasteiger partial charge in [-0.15, -0.1) is 0 Å². The van der Waals surface area contributed by atoms with Crippen LogP contribution in [0.3, 0.4) is 0 Å². The predicted octanol–water partition coefficient (Wildman–Crippen LogP) is 2.29. The Labute approximate surface area is 149 Å². The normalized spacial score (nSPS) is 14.7. The highest BCUT2D eigenvalue weighted by Gasteiger charge is 2.23. The van der Waals surface area contributed by atoms with Crippen molar-refractivity contribution in [1.82, 2.24) is 5.43 Å². The quantitative estimate of drug-likeness (QED) is 0.749. The fourth-order valence-electron chi connectivity index (χ4n) is 2.63. The summed E-state index contributed by atoms with van der Waals surface area (Å²) >= 11 is 0. The molecule has 1 N–H and O–H groups in total. The van der Waals surface area contributed by atoms with Gasteiger partial charge in [0.05, 0.1) is 18.6 Å². The Balaban J connectivity index is 2.11. The van der Waals surface area contributed by atoms with Gasteiger partial charge < -0.3 is 4.74 Å². The first kappa shape index (κ1) is 19.2. The topological polar surface area (TPSA) is 88.1 Å². The van der Waals surface area contributed by atoms with Crippen LogP contribution >= 0.6 is 0 Å². The van der Waals surface area contributed by atoms with Gasteiger partial charge in [0, 0.05) is 5.71 Å². The zero-order valence-electron chi connectivity index (χ0n) is 14.7. The van der Waals surface area contributed by atoms with E-state index in [4.69, 9.17) is 4.74 Å². The number of hydrogen-bond acceptors (Lipinski definition) is 5. The van der Waals surface area contributed by atoms with E-state index in [1.807, 2.05) is 0 Å². The second kappa shape index (κ2) is 8.84. The van der Waals surface area contributed by atoms with Crippen molar-refractivity contribution in [3.63, 3.8) is 0 Å². The van der Waals surface area contributed by atoms with Crippen LogP contribution in [0.5, 0.6) is 5.75 Å². The fourth-order valence-corrected chi connectivity index (χ4v) is 3.70. The number of carbonyl (C=O) groups excluding carboxylic acids is 1. The first-order chi connectivity index (χ1) is 12.0. The number of nitrogens with zero attached hydrogens (tertiary/aromatic N) is 2. The number of hydrazone groups is 1. The first-order valence-corrected chi connectivity index (χ1v) is 10.1. The first-order valence-electron chi connectivity index (χ1n) is 8.45. The maximum Gasteiger partial charge on any atom is 0.260 e. The molecule has 0 bridgehead atoms. The van der Waals surface area contributed by atoms with E-state index in [1.54, 1.807) is 31.2 Å². The summed E-state index contributed by atoms with van der Waals surface area (Å²) in [6.07, 6.45) is 5.12. The van der Waals surface area contributed by atoms with Crippen LogP contribution in [0.25, 0.3) is 0 Å². The number of nitrogens with one attached hydrogen (secondary N) is 1. The number of hydrogen-bond donors (Lipinski definition) is 1. The molecule has 1 aliphatic carbocycles. The van der Waals surface area contributed by atoms with Crippen LogP contribution in [0.15, 0.2) is 29.4 Å². The molecule has 0 heterocycles. The van der Waals surface area contributed by atoms with Gasteiger partial charge in [-0.1, -0.05) is 6.42 Å². The molecule has 8 heteroatoms. The number of amides is 1. The SMILES string of the molecule is CCS(=O)(=O)N(CC(=O)NN=C1CCCCC1)c1ccc(OC)cc1. The molecule has 0 aliphatic heterocycles. The van der Waals surface area contributed by atoms with Crippen molar-refractivity contribution in [2.24, 2.45) is 5.10 Å². The van der Waals surface area contributed by atoms with Gasteiger partial charge in [-0.25, -0.2) is 13.8 Å². The number of methoxy groups -OCH3 is 1. The maximum atomic E-state index is 12.4. The highest BCUT2D eigenvalue weighted by atomic mass is 32.2. The lowest BCUT2D eigenvalue weighted by molar-refractivity contribution is -0.119. The van der Waals surface area contributed by atoms with E-state index < -0.39 is 15.9 Å². The molecule has 0 radical (unpaired) electrons. The molecular weight excluding hydrogens is 342 g/mol. The second-order valence-corrected chi connectivity index (χ2v) is 8.06. The van der Waals surface area contributed by atoms with Crippen molar-refractivity contribution in [3.8, 4) is 5.75 Å². The monoisotopic (exact) mass is 367 g/mol. The number of rotatable bonds is 7. The second-order valence-electron chi connectivity index (χ2n) is 5.88. The fraction of sp³-hybridized carbons (Fsp3) is 0.529. The van der Waals surface area contributed by atoms with E-state index in [0.29, 0.717) is 11.4 Å². The van der Waals surface area contributed by atoms with Crippen molar-refractivity contribution in [3.05, 3.63) is 24.3 Å². The molecule has 0 atom stereocenters. The smallest absolute Gasteiger partial charge is 0.260 e. The number of carbonyl (C=O) groups is 1. The van der Waals surface area contributed by atoms with Gasteiger partial charge in [0.1, 0.15) is 12.3 Å². The molecule has 1 saturated carbocycles. The van der Waals surface area contributed by atoms with Crippen molar-refractivity contribution < 1.29 is 17.9 Å². The molecule has 1 amide bonds. The van der Waals surface area contributed by atoms with Crippen LogP contribution in [-0.4, -0.2) is 39.4 Å². The summed E-state index contributed by atoms with van der Waals surface area (Å²) in [5.74, 6) is 0.0672. The third kappa shape index (κ3) is 5.45. The molecule has 1 aliphatic rings. The summed E-state index contributed by atoms with van der Waals surface area (Å²) in [4.78, 5) is 12.2. The summed E-state index contributed by atoms with van der Waals surface area (Å²) in [6.45, 7) is 1.24. The predicted molar refractivity (Wildman–Crippen MR) is 98.5 cm³/mol.